The smallest absolute Gasteiger partial charge is 0.427 e. The summed E-state index contributed by atoms with van der Waals surface area (Å²) in [7, 11) is -1.45. The third-order valence-corrected chi connectivity index (χ3v) is 3.68. The first-order chi connectivity index (χ1) is 10.6. The molecule has 0 aliphatic heterocycles. The van der Waals surface area contributed by atoms with Crippen LogP contribution in [0.2, 0.25) is 5.82 Å². The lowest BCUT2D eigenvalue weighted by Gasteiger charge is -2.16. The van der Waals surface area contributed by atoms with E-state index in [4.69, 9.17) is 0 Å². The van der Waals surface area contributed by atoms with Crippen molar-refractivity contribution in [2.24, 2.45) is 11.8 Å². The molecular formula is C19H33BO4. The highest BCUT2D eigenvalue weighted by atomic mass is 16.4. The van der Waals surface area contributed by atoms with E-state index in [-0.39, 0.29) is 37.2 Å². The summed E-state index contributed by atoms with van der Waals surface area (Å²) in [6.07, 6.45) is 0.723. The molecule has 0 saturated heterocycles. The number of benzene rings is 1. The predicted molar refractivity (Wildman–Crippen MR) is 101 cm³/mol. The van der Waals surface area contributed by atoms with Crippen molar-refractivity contribution in [1.29, 1.82) is 0 Å². The van der Waals surface area contributed by atoms with Crippen molar-refractivity contribution in [3.8, 4) is 0 Å². The van der Waals surface area contributed by atoms with Crippen molar-refractivity contribution in [2.75, 3.05) is 0 Å². The topological polar surface area (TPSA) is 74.6 Å². The maximum absolute atomic E-state index is 11.6. The van der Waals surface area contributed by atoms with Crippen LogP contribution in [0.3, 0.4) is 0 Å². The number of ketones is 2. The molecule has 0 amide bonds. The van der Waals surface area contributed by atoms with Gasteiger partial charge in [-0.3, -0.25) is 9.59 Å². The Balaban J connectivity index is 0. The minimum absolute atomic E-state index is 0. The SMILES string of the molecule is C.CC(=O)C(C)C.CC(C)C(=O)C[C@@H](Cc1ccccc1)B(O)O. The quantitative estimate of drug-likeness (QED) is 0.747. The van der Waals surface area contributed by atoms with Crippen molar-refractivity contribution in [1.82, 2.24) is 0 Å². The summed E-state index contributed by atoms with van der Waals surface area (Å²) in [5, 5.41) is 18.6. The van der Waals surface area contributed by atoms with Crippen LogP contribution in [0, 0.1) is 11.8 Å². The Morgan fingerprint density at radius 1 is 1.00 bits per heavy atom. The molecule has 1 aromatic carbocycles. The zero-order valence-corrected chi connectivity index (χ0v) is 14.8. The molecule has 0 saturated carbocycles. The highest BCUT2D eigenvalue weighted by Gasteiger charge is 2.26. The highest BCUT2D eigenvalue weighted by Crippen LogP contribution is 2.21. The Labute approximate surface area is 147 Å². The molecule has 0 aliphatic rings. The van der Waals surface area contributed by atoms with Crippen molar-refractivity contribution < 1.29 is 19.6 Å². The van der Waals surface area contributed by atoms with Gasteiger partial charge in [-0.15, -0.1) is 0 Å². The van der Waals surface area contributed by atoms with Crippen LogP contribution in [-0.2, 0) is 16.0 Å². The van der Waals surface area contributed by atoms with Crippen LogP contribution < -0.4 is 0 Å². The average Bonchev–Trinajstić information content (AvgIpc) is 2.47. The van der Waals surface area contributed by atoms with E-state index in [1.807, 2.05) is 58.0 Å². The van der Waals surface area contributed by atoms with Gasteiger partial charge in [0.25, 0.3) is 0 Å². The summed E-state index contributed by atoms with van der Waals surface area (Å²) < 4.78 is 0. The average molecular weight is 336 g/mol. The summed E-state index contributed by atoms with van der Waals surface area (Å²) in [6, 6.07) is 9.57. The summed E-state index contributed by atoms with van der Waals surface area (Å²) in [5.41, 5.74) is 1.02. The summed E-state index contributed by atoms with van der Waals surface area (Å²) >= 11 is 0. The zero-order chi connectivity index (χ0) is 18.0. The maximum atomic E-state index is 11.6. The van der Waals surface area contributed by atoms with Crippen LogP contribution in [0.15, 0.2) is 30.3 Å². The number of Topliss-reactive ketones (excluding diaryl/α,β-unsaturated/α-hetero) is 2. The fourth-order valence-corrected chi connectivity index (χ4v) is 1.69. The van der Waals surface area contributed by atoms with Crippen LogP contribution in [0.25, 0.3) is 0 Å². The molecule has 0 fully saturated rings. The molecule has 136 valence electrons. The summed E-state index contributed by atoms with van der Waals surface area (Å²) in [6.45, 7) is 9.03. The van der Waals surface area contributed by atoms with E-state index in [1.54, 1.807) is 6.92 Å². The van der Waals surface area contributed by atoms with E-state index in [9.17, 15) is 19.6 Å². The Morgan fingerprint density at radius 3 is 1.79 bits per heavy atom. The Morgan fingerprint density at radius 2 is 1.46 bits per heavy atom. The minimum Gasteiger partial charge on any atom is -0.427 e. The van der Waals surface area contributed by atoms with Gasteiger partial charge in [0.2, 0.25) is 0 Å². The van der Waals surface area contributed by atoms with Gasteiger partial charge in [0.1, 0.15) is 11.6 Å². The van der Waals surface area contributed by atoms with Gasteiger partial charge in [-0.2, -0.15) is 0 Å². The van der Waals surface area contributed by atoms with Gasteiger partial charge in [0, 0.05) is 24.1 Å². The first kappa shape index (κ1) is 24.8. The molecule has 0 spiro atoms. The van der Waals surface area contributed by atoms with Gasteiger partial charge in [-0.25, -0.2) is 0 Å². The van der Waals surface area contributed by atoms with Crippen molar-refractivity contribution >= 4 is 18.7 Å². The molecule has 24 heavy (non-hydrogen) atoms. The minimum atomic E-state index is -1.45. The molecule has 0 heterocycles. The van der Waals surface area contributed by atoms with Crippen LogP contribution in [0.1, 0.15) is 54.0 Å². The van der Waals surface area contributed by atoms with Crippen LogP contribution in [-0.4, -0.2) is 28.7 Å². The fraction of sp³-hybridized carbons (Fsp3) is 0.579. The van der Waals surface area contributed by atoms with E-state index in [0.29, 0.717) is 6.42 Å². The number of carbonyl (C=O) groups is 2. The molecule has 4 nitrogen and oxygen atoms in total. The van der Waals surface area contributed by atoms with Gasteiger partial charge in [0.05, 0.1) is 0 Å². The molecule has 1 aromatic rings. The second kappa shape index (κ2) is 12.9. The van der Waals surface area contributed by atoms with Crippen LogP contribution in [0.5, 0.6) is 0 Å². The lowest BCUT2D eigenvalue weighted by molar-refractivity contribution is -0.122. The molecule has 0 bridgehead atoms. The van der Waals surface area contributed by atoms with Gasteiger partial charge in [0.15, 0.2) is 0 Å². The van der Waals surface area contributed by atoms with E-state index >= 15 is 0 Å². The van der Waals surface area contributed by atoms with E-state index < -0.39 is 12.9 Å². The molecule has 0 radical (unpaired) electrons. The number of rotatable bonds is 7. The van der Waals surface area contributed by atoms with Crippen LogP contribution >= 0.6 is 0 Å². The molecule has 0 aliphatic carbocycles. The summed E-state index contributed by atoms with van der Waals surface area (Å²) in [4.78, 5) is 21.8. The third kappa shape index (κ3) is 11.1. The second-order valence-electron chi connectivity index (χ2n) is 6.45. The van der Waals surface area contributed by atoms with Gasteiger partial charge >= 0.3 is 7.12 Å². The molecule has 0 unspecified atom stereocenters. The van der Waals surface area contributed by atoms with E-state index in [2.05, 4.69) is 0 Å². The normalized spacial score (nSPS) is 11.2. The first-order valence-corrected chi connectivity index (χ1v) is 8.08. The molecule has 0 aromatic heterocycles. The van der Waals surface area contributed by atoms with Gasteiger partial charge in [-0.1, -0.05) is 65.5 Å². The van der Waals surface area contributed by atoms with Gasteiger partial charge in [-0.05, 0) is 18.9 Å². The highest BCUT2D eigenvalue weighted by molar-refractivity contribution is 6.43. The number of hydrogen-bond donors (Lipinski definition) is 2. The predicted octanol–water partition coefficient (Wildman–Crippen LogP) is 3.55. The Hall–Kier alpha value is -1.46. The van der Waals surface area contributed by atoms with Crippen LogP contribution in [0.4, 0.5) is 0 Å². The molecule has 1 atom stereocenters. The second-order valence-corrected chi connectivity index (χ2v) is 6.45. The Kier molecular flexibility index (Phi) is 13.3. The molecule has 2 N–H and O–H groups in total. The Bertz CT molecular complexity index is 470. The number of hydrogen-bond acceptors (Lipinski definition) is 4. The zero-order valence-electron chi connectivity index (χ0n) is 14.8. The monoisotopic (exact) mass is 336 g/mol. The molecule has 1 rings (SSSR count). The van der Waals surface area contributed by atoms with Gasteiger partial charge < -0.3 is 10.0 Å². The van der Waals surface area contributed by atoms with Crippen molar-refractivity contribution in [2.45, 2.75) is 60.7 Å². The lowest BCUT2D eigenvalue weighted by Crippen LogP contribution is -2.26. The maximum Gasteiger partial charge on any atom is 0.455 e. The number of carbonyl (C=O) groups excluding carboxylic acids is 2. The standard InChI is InChI=1S/C13H19BO3.C5H10O.CH4/c1-10(2)13(15)9-12(14(16)17)8-11-6-4-3-5-7-11;1-4(2)5(3)6;/h3-7,10,12,16-17H,8-9H2,1-2H3;4H,1-3H3;1H4/t12-;;/m1../s1. The van der Waals surface area contributed by atoms with E-state index in [0.717, 1.165) is 5.56 Å². The van der Waals surface area contributed by atoms with Crippen molar-refractivity contribution in [3.63, 3.8) is 0 Å². The first-order valence-electron chi connectivity index (χ1n) is 8.08. The lowest BCUT2D eigenvalue weighted by atomic mass is 9.66. The molecular weight excluding hydrogens is 303 g/mol. The third-order valence-electron chi connectivity index (χ3n) is 3.68. The van der Waals surface area contributed by atoms with Crippen molar-refractivity contribution in [3.05, 3.63) is 35.9 Å². The molecule has 5 heteroatoms. The summed E-state index contributed by atoms with van der Waals surface area (Å²) in [5.74, 6) is 0.0540. The van der Waals surface area contributed by atoms with E-state index in [1.165, 1.54) is 0 Å². The largest absolute Gasteiger partial charge is 0.455 e. The fourth-order valence-electron chi connectivity index (χ4n) is 1.69.